The zero-order valence-electron chi connectivity index (χ0n) is 13.7. The molecular weight excluding hydrogens is 278 g/mol. The fourth-order valence-electron chi connectivity index (χ4n) is 2.62. The molecule has 0 saturated carbocycles. The van der Waals surface area contributed by atoms with E-state index in [-0.39, 0.29) is 11.9 Å². The number of rotatable bonds is 5. The molecule has 0 N–H and O–H groups in total. The summed E-state index contributed by atoms with van der Waals surface area (Å²) in [6.07, 6.45) is 1.77. The minimum absolute atomic E-state index is 0.234. The van der Waals surface area contributed by atoms with E-state index in [1.807, 2.05) is 24.3 Å². The average molecular weight is 301 g/mol. The van der Waals surface area contributed by atoms with Crippen molar-refractivity contribution in [3.8, 4) is 0 Å². The topological polar surface area (TPSA) is 43.9 Å². The van der Waals surface area contributed by atoms with Gasteiger partial charge in [-0.1, -0.05) is 12.1 Å². The number of urea groups is 1. The molecule has 0 aromatic heterocycles. The van der Waals surface area contributed by atoms with Gasteiger partial charge >= 0.3 is 6.03 Å². The van der Waals surface area contributed by atoms with Crippen LogP contribution in [0.4, 0.5) is 10.5 Å². The maximum atomic E-state index is 12.2. The van der Waals surface area contributed by atoms with E-state index in [1.54, 1.807) is 20.0 Å². The predicted molar refractivity (Wildman–Crippen MR) is 88.5 cm³/mol. The smallest absolute Gasteiger partial charge is 0.331 e. The third-order valence-corrected chi connectivity index (χ3v) is 3.98. The number of nitrogens with zero attached hydrogens (tertiary/aromatic N) is 3. The molecule has 2 rings (SSSR count). The number of amides is 3. The molecule has 5 heteroatoms. The van der Waals surface area contributed by atoms with Crippen LogP contribution in [-0.4, -0.2) is 48.4 Å². The molecule has 118 valence electrons. The summed E-state index contributed by atoms with van der Waals surface area (Å²) in [6, 6.07) is 7.76. The van der Waals surface area contributed by atoms with Crippen LogP contribution in [0.2, 0.25) is 0 Å². The number of hydrogen-bond acceptors (Lipinski definition) is 3. The van der Waals surface area contributed by atoms with Crippen molar-refractivity contribution in [3.05, 3.63) is 35.5 Å². The standard InChI is InChI=1S/C17H23N3O2/c1-5-19(6-2)14-10-8-13(9-11-14)12-15-16(21)20(7-3)17(22)18(15)4/h8-12H,5-7H2,1-4H3. The number of hydrogen-bond donors (Lipinski definition) is 0. The Hall–Kier alpha value is -2.30. The molecule has 3 amide bonds. The van der Waals surface area contributed by atoms with Crippen LogP contribution >= 0.6 is 0 Å². The number of imide groups is 1. The summed E-state index contributed by atoms with van der Waals surface area (Å²) in [5.41, 5.74) is 2.49. The van der Waals surface area contributed by atoms with Crippen molar-refractivity contribution in [3.63, 3.8) is 0 Å². The van der Waals surface area contributed by atoms with Crippen LogP contribution in [-0.2, 0) is 4.79 Å². The van der Waals surface area contributed by atoms with Gasteiger partial charge in [-0.05, 0) is 44.5 Å². The zero-order valence-corrected chi connectivity index (χ0v) is 13.7. The van der Waals surface area contributed by atoms with Gasteiger partial charge in [-0.2, -0.15) is 0 Å². The van der Waals surface area contributed by atoms with E-state index < -0.39 is 0 Å². The van der Waals surface area contributed by atoms with Crippen LogP contribution < -0.4 is 4.90 Å². The van der Waals surface area contributed by atoms with Gasteiger partial charge in [0.2, 0.25) is 0 Å². The van der Waals surface area contributed by atoms with Crippen molar-refractivity contribution >= 4 is 23.7 Å². The van der Waals surface area contributed by atoms with Crippen LogP contribution in [0.15, 0.2) is 30.0 Å². The Morgan fingerprint density at radius 1 is 1.05 bits per heavy atom. The van der Waals surface area contributed by atoms with Gasteiger partial charge in [0.1, 0.15) is 5.70 Å². The van der Waals surface area contributed by atoms with Gasteiger partial charge in [0.15, 0.2) is 0 Å². The lowest BCUT2D eigenvalue weighted by atomic mass is 10.1. The van der Waals surface area contributed by atoms with Gasteiger partial charge in [0.05, 0.1) is 0 Å². The number of likely N-dealkylation sites (N-methyl/N-ethyl adjacent to an activating group) is 2. The number of carbonyl (C=O) groups excluding carboxylic acids is 2. The third-order valence-electron chi connectivity index (χ3n) is 3.98. The fourth-order valence-corrected chi connectivity index (χ4v) is 2.62. The Morgan fingerprint density at radius 3 is 2.09 bits per heavy atom. The Labute approximate surface area is 131 Å². The highest BCUT2D eigenvalue weighted by molar-refractivity contribution is 6.13. The molecular formula is C17H23N3O2. The molecule has 1 aliphatic rings. The first-order valence-electron chi connectivity index (χ1n) is 7.69. The van der Waals surface area contributed by atoms with Crippen LogP contribution in [0.25, 0.3) is 6.08 Å². The molecule has 0 aliphatic carbocycles. The second kappa shape index (κ2) is 6.64. The second-order valence-electron chi connectivity index (χ2n) is 5.18. The molecule has 1 aromatic rings. The lowest BCUT2D eigenvalue weighted by molar-refractivity contribution is -0.122. The predicted octanol–water partition coefficient (Wildman–Crippen LogP) is 2.79. The third kappa shape index (κ3) is 2.84. The van der Waals surface area contributed by atoms with Crippen molar-refractivity contribution in [2.45, 2.75) is 20.8 Å². The summed E-state index contributed by atoms with van der Waals surface area (Å²) in [5, 5.41) is 0. The van der Waals surface area contributed by atoms with Crippen LogP contribution in [0.3, 0.4) is 0 Å². The highest BCUT2D eigenvalue weighted by atomic mass is 16.2. The summed E-state index contributed by atoms with van der Waals surface area (Å²) in [6.45, 7) is 8.34. The Balaban J connectivity index is 2.26. The first kappa shape index (κ1) is 16.1. The van der Waals surface area contributed by atoms with Crippen molar-refractivity contribution in [1.29, 1.82) is 0 Å². The monoisotopic (exact) mass is 301 g/mol. The summed E-state index contributed by atoms with van der Waals surface area (Å²) in [4.78, 5) is 29.1. The second-order valence-corrected chi connectivity index (χ2v) is 5.18. The van der Waals surface area contributed by atoms with E-state index in [9.17, 15) is 9.59 Å². The number of carbonyl (C=O) groups is 2. The van der Waals surface area contributed by atoms with Crippen LogP contribution in [0.1, 0.15) is 26.3 Å². The maximum absolute atomic E-state index is 12.2. The lowest BCUT2D eigenvalue weighted by Crippen LogP contribution is -2.31. The van der Waals surface area contributed by atoms with Crippen molar-refractivity contribution < 1.29 is 9.59 Å². The lowest BCUT2D eigenvalue weighted by Gasteiger charge is -2.20. The highest BCUT2D eigenvalue weighted by Gasteiger charge is 2.37. The van der Waals surface area contributed by atoms with E-state index in [1.165, 1.54) is 9.80 Å². The average Bonchev–Trinajstić information content (AvgIpc) is 2.73. The Bertz CT molecular complexity index is 588. The van der Waals surface area contributed by atoms with Gasteiger partial charge in [-0.3, -0.25) is 14.6 Å². The van der Waals surface area contributed by atoms with E-state index >= 15 is 0 Å². The van der Waals surface area contributed by atoms with Gasteiger partial charge < -0.3 is 4.90 Å². The van der Waals surface area contributed by atoms with E-state index in [4.69, 9.17) is 0 Å². The Kier molecular flexibility index (Phi) is 4.85. The molecule has 1 fully saturated rings. The van der Waals surface area contributed by atoms with Gasteiger partial charge in [0.25, 0.3) is 5.91 Å². The molecule has 5 nitrogen and oxygen atoms in total. The highest BCUT2D eigenvalue weighted by Crippen LogP contribution is 2.23. The molecule has 0 radical (unpaired) electrons. The van der Waals surface area contributed by atoms with Gasteiger partial charge in [0, 0.05) is 32.4 Å². The van der Waals surface area contributed by atoms with Crippen molar-refractivity contribution in [2.75, 3.05) is 31.6 Å². The quantitative estimate of drug-likeness (QED) is 0.620. The molecule has 0 spiro atoms. The molecule has 22 heavy (non-hydrogen) atoms. The van der Waals surface area contributed by atoms with E-state index in [0.717, 1.165) is 24.3 Å². The van der Waals surface area contributed by atoms with Crippen molar-refractivity contribution in [2.24, 2.45) is 0 Å². The van der Waals surface area contributed by atoms with Crippen LogP contribution in [0.5, 0.6) is 0 Å². The Morgan fingerprint density at radius 2 is 1.64 bits per heavy atom. The number of benzene rings is 1. The SMILES string of the molecule is CCN1C(=O)C(=Cc2ccc(N(CC)CC)cc2)N(C)C1=O. The molecule has 1 saturated heterocycles. The summed E-state index contributed by atoms with van der Waals surface area (Å²) < 4.78 is 0. The van der Waals surface area contributed by atoms with Crippen LogP contribution in [0, 0.1) is 0 Å². The summed E-state index contributed by atoms with van der Waals surface area (Å²) in [5.74, 6) is -0.234. The molecule has 1 aromatic carbocycles. The maximum Gasteiger partial charge on any atom is 0.331 e. The minimum Gasteiger partial charge on any atom is -0.372 e. The molecule has 1 aliphatic heterocycles. The molecule has 0 bridgehead atoms. The first-order chi connectivity index (χ1) is 10.5. The molecule has 1 heterocycles. The summed E-state index contributed by atoms with van der Waals surface area (Å²) >= 11 is 0. The number of anilines is 1. The van der Waals surface area contributed by atoms with Gasteiger partial charge in [-0.25, -0.2) is 4.79 Å². The fraction of sp³-hybridized carbons (Fsp3) is 0.412. The summed E-state index contributed by atoms with van der Waals surface area (Å²) in [7, 11) is 1.63. The van der Waals surface area contributed by atoms with Crippen molar-refractivity contribution in [1.82, 2.24) is 9.80 Å². The first-order valence-corrected chi connectivity index (χ1v) is 7.69. The minimum atomic E-state index is -0.265. The normalized spacial score (nSPS) is 16.8. The van der Waals surface area contributed by atoms with E-state index in [2.05, 4.69) is 18.7 Å². The van der Waals surface area contributed by atoms with Gasteiger partial charge in [-0.15, -0.1) is 0 Å². The molecule has 0 atom stereocenters. The largest absolute Gasteiger partial charge is 0.372 e. The molecule has 0 unspecified atom stereocenters. The zero-order chi connectivity index (χ0) is 16.3. The van der Waals surface area contributed by atoms with E-state index in [0.29, 0.717) is 12.2 Å².